The van der Waals surface area contributed by atoms with Crippen LogP contribution in [0.1, 0.15) is 23.6 Å². The average Bonchev–Trinajstić information content (AvgIpc) is 2.83. The zero-order valence-electron chi connectivity index (χ0n) is 12.0. The van der Waals surface area contributed by atoms with E-state index in [9.17, 15) is 0 Å². The smallest absolute Gasteiger partial charge is 0.170 e. The van der Waals surface area contributed by atoms with E-state index in [1.807, 2.05) is 24.3 Å². The minimum Gasteiger partial charge on any atom is -0.409 e. The van der Waals surface area contributed by atoms with Crippen LogP contribution in [0, 0.1) is 0 Å². The molecule has 2 aromatic rings. The lowest BCUT2D eigenvalue weighted by molar-refractivity contribution is 0.318. The van der Waals surface area contributed by atoms with Crippen molar-refractivity contribution < 1.29 is 5.21 Å². The van der Waals surface area contributed by atoms with Crippen LogP contribution in [-0.4, -0.2) is 17.1 Å². The molecule has 2 aromatic carbocycles. The van der Waals surface area contributed by atoms with Gasteiger partial charge in [-0.25, -0.2) is 0 Å². The highest BCUT2D eigenvalue weighted by Crippen LogP contribution is 2.32. The second-order valence-electron chi connectivity index (χ2n) is 5.49. The first-order chi connectivity index (χ1) is 10.2. The van der Waals surface area contributed by atoms with Gasteiger partial charge in [0.25, 0.3) is 0 Å². The molecule has 21 heavy (non-hydrogen) atoms. The number of nitrogens with two attached hydrogens (primary N) is 1. The van der Waals surface area contributed by atoms with Crippen molar-refractivity contribution in [3.05, 3.63) is 65.2 Å². The highest BCUT2D eigenvalue weighted by atomic mass is 16.4. The normalized spacial score (nSPS) is 17.9. The second kappa shape index (κ2) is 5.48. The van der Waals surface area contributed by atoms with Gasteiger partial charge >= 0.3 is 0 Å². The summed E-state index contributed by atoms with van der Waals surface area (Å²) in [5.74, 6) is 0.140. The largest absolute Gasteiger partial charge is 0.409 e. The Morgan fingerprint density at radius 3 is 2.67 bits per heavy atom. The van der Waals surface area contributed by atoms with Crippen LogP contribution in [0.25, 0.3) is 0 Å². The van der Waals surface area contributed by atoms with E-state index in [4.69, 9.17) is 10.9 Å². The topological polar surface area (TPSA) is 61.8 Å². The molecule has 0 fully saturated rings. The summed E-state index contributed by atoms with van der Waals surface area (Å²) in [6, 6.07) is 16.9. The van der Waals surface area contributed by atoms with Gasteiger partial charge in [-0.05, 0) is 30.5 Å². The van der Waals surface area contributed by atoms with E-state index in [2.05, 4.69) is 41.2 Å². The van der Waals surface area contributed by atoms with Crippen molar-refractivity contribution in [3.8, 4) is 0 Å². The van der Waals surface area contributed by atoms with Crippen LogP contribution < -0.4 is 10.6 Å². The molecule has 1 heterocycles. The van der Waals surface area contributed by atoms with Crippen LogP contribution >= 0.6 is 0 Å². The lowest BCUT2D eigenvalue weighted by Crippen LogP contribution is -2.28. The first-order valence-corrected chi connectivity index (χ1v) is 7.10. The van der Waals surface area contributed by atoms with Crippen LogP contribution in [0.4, 0.5) is 5.69 Å². The maximum absolute atomic E-state index is 8.69. The predicted octanol–water partition coefficient (Wildman–Crippen LogP) is 2.73. The molecule has 0 spiro atoms. The van der Waals surface area contributed by atoms with Crippen LogP contribution in [0.15, 0.2) is 53.7 Å². The number of amidine groups is 1. The molecule has 1 unspecified atom stereocenters. The standard InChI is InChI=1S/C17H19N3O/c1-12-10-15-4-2-3-5-16(15)20(12)11-13-6-8-14(9-7-13)17(18)19-21/h2-9,12,21H,10-11H2,1H3,(H2,18,19). The lowest BCUT2D eigenvalue weighted by atomic mass is 10.1. The Labute approximate surface area is 124 Å². The molecule has 0 aromatic heterocycles. The maximum Gasteiger partial charge on any atom is 0.170 e. The van der Waals surface area contributed by atoms with Crippen molar-refractivity contribution in [2.75, 3.05) is 4.90 Å². The molecule has 0 saturated carbocycles. The molecule has 108 valence electrons. The Bertz CT molecular complexity index is 664. The fraction of sp³-hybridized carbons (Fsp3) is 0.235. The van der Waals surface area contributed by atoms with Crippen molar-refractivity contribution in [3.63, 3.8) is 0 Å². The van der Waals surface area contributed by atoms with Crippen LogP contribution in [0.3, 0.4) is 0 Å². The molecule has 1 aliphatic rings. The van der Waals surface area contributed by atoms with Crippen molar-refractivity contribution in [2.45, 2.75) is 25.9 Å². The van der Waals surface area contributed by atoms with E-state index in [0.717, 1.165) is 18.5 Å². The Morgan fingerprint density at radius 2 is 1.95 bits per heavy atom. The van der Waals surface area contributed by atoms with Crippen LogP contribution in [0.2, 0.25) is 0 Å². The van der Waals surface area contributed by atoms with Gasteiger partial charge < -0.3 is 15.8 Å². The minimum atomic E-state index is 0.140. The summed E-state index contributed by atoms with van der Waals surface area (Å²) in [6.07, 6.45) is 1.10. The summed E-state index contributed by atoms with van der Waals surface area (Å²) >= 11 is 0. The summed E-state index contributed by atoms with van der Waals surface area (Å²) in [4.78, 5) is 2.42. The summed E-state index contributed by atoms with van der Waals surface area (Å²) < 4.78 is 0. The van der Waals surface area contributed by atoms with Crippen molar-refractivity contribution in [1.29, 1.82) is 0 Å². The molecule has 0 aliphatic carbocycles. The lowest BCUT2D eigenvalue weighted by Gasteiger charge is -2.25. The van der Waals surface area contributed by atoms with Crippen molar-refractivity contribution in [2.24, 2.45) is 10.9 Å². The summed E-state index contributed by atoms with van der Waals surface area (Å²) in [5.41, 5.74) is 10.3. The zero-order valence-corrected chi connectivity index (χ0v) is 12.0. The monoisotopic (exact) mass is 281 g/mol. The molecule has 3 rings (SSSR count). The molecule has 4 heteroatoms. The molecular weight excluding hydrogens is 262 g/mol. The third-order valence-corrected chi connectivity index (χ3v) is 4.06. The second-order valence-corrected chi connectivity index (χ2v) is 5.49. The third-order valence-electron chi connectivity index (χ3n) is 4.06. The Balaban J connectivity index is 1.81. The van der Waals surface area contributed by atoms with Gasteiger partial charge in [0.05, 0.1) is 0 Å². The fourth-order valence-corrected chi connectivity index (χ4v) is 2.91. The van der Waals surface area contributed by atoms with E-state index >= 15 is 0 Å². The number of oxime groups is 1. The Morgan fingerprint density at radius 1 is 1.24 bits per heavy atom. The van der Waals surface area contributed by atoms with Gasteiger partial charge in [-0.1, -0.05) is 47.6 Å². The average molecular weight is 281 g/mol. The molecule has 1 aliphatic heterocycles. The third kappa shape index (κ3) is 2.57. The number of hydrogen-bond donors (Lipinski definition) is 2. The molecule has 1 atom stereocenters. The van der Waals surface area contributed by atoms with Crippen LogP contribution in [-0.2, 0) is 13.0 Å². The zero-order chi connectivity index (χ0) is 14.8. The van der Waals surface area contributed by atoms with Crippen molar-refractivity contribution in [1.82, 2.24) is 0 Å². The van der Waals surface area contributed by atoms with Gasteiger partial charge in [0.2, 0.25) is 0 Å². The van der Waals surface area contributed by atoms with Crippen LogP contribution in [0.5, 0.6) is 0 Å². The minimum absolute atomic E-state index is 0.140. The van der Waals surface area contributed by atoms with Gasteiger partial charge in [0.15, 0.2) is 5.84 Å². The number of nitrogens with zero attached hydrogens (tertiary/aromatic N) is 2. The Hall–Kier alpha value is -2.49. The molecular formula is C17H19N3O. The van der Waals surface area contributed by atoms with E-state index in [-0.39, 0.29) is 5.84 Å². The number of anilines is 1. The quantitative estimate of drug-likeness (QED) is 0.393. The Kier molecular flexibility index (Phi) is 3.52. The molecule has 0 amide bonds. The predicted molar refractivity (Wildman–Crippen MR) is 84.7 cm³/mol. The van der Waals surface area contributed by atoms with Crippen molar-refractivity contribution >= 4 is 11.5 Å². The molecule has 0 bridgehead atoms. The van der Waals surface area contributed by atoms with Gasteiger partial charge in [-0.15, -0.1) is 0 Å². The van der Waals surface area contributed by atoms with E-state index in [0.29, 0.717) is 6.04 Å². The van der Waals surface area contributed by atoms with E-state index < -0.39 is 0 Å². The highest BCUT2D eigenvalue weighted by molar-refractivity contribution is 5.96. The van der Waals surface area contributed by atoms with Gasteiger partial charge in [0, 0.05) is 23.8 Å². The van der Waals surface area contributed by atoms with Gasteiger partial charge in [-0.3, -0.25) is 0 Å². The number of para-hydroxylation sites is 1. The molecule has 0 saturated heterocycles. The van der Waals surface area contributed by atoms with E-state index in [1.165, 1.54) is 16.8 Å². The summed E-state index contributed by atoms with van der Waals surface area (Å²) in [5, 5.41) is 11.7. The number of hydrogen-bond acceptors (Lipinski definition) is 3. The van der Waals surface area contributed by atoms with Gasteiger partial charge in [-0.2, -0.15) is 0 Å². The first kappa shape index (κ1) is 13.5. The number of rotatable bonds is 3. The maximum atomic E-state index is 8.69. The van der Waals surface area contributed by atoms with Gasteiger partial charge in [0.1, 0.15) is 0 Å². The molecule has 0 radical (unpaired) electrons. The van der Waals surface area contributed by atoms with E-state index in [1.54, 1.807) is 0 Å². The number of benzene rings is 2. The fourth-order valence-electron chi connectivity index (χ4n) is 2.91. The molecule has 3 N–H and O–H groups in total. The highest BCUT2D eigenvalue weighted by Gasteiger charge is 2.25. The molecule has 4 nitrogen and oxygen atoms in total. The first-order valence-electron chi connectivity index (χ1n) is 7.10. The summed E-state index contributed by atoms with van der Waals surface area (Å²) in [6.45, 7) is 3.12. The number of fused-ring (bicyclic) bond motifs is 1. The SMILES string of the molecule is CC1Cc2ccccc2N1Cc1ccc(/C(N)=N/O)cc1. The summed E-state index contributed by atoms with van der Waals surface area (Å²) in [7, 11) is 0.